The highest BCUT2D eigenvalue weighted by atomic mass is 32.1. The first kappa shape index (κ1) is 20.6. The Hall–Kier alpha value is -2.15. The summed E-state index contributed by atoms with van der Waals surface area (Å²) in [6.45, 7) is 9.95. The van der Waals surface area contributed by atoms with Crippen LogP contribution in [0.1, 0.15) is 57.3 Å². The van der Waals surface area contributed by atoms with Gasteiger partial charge in [-0.25, -0.2) is 0 Å². The van der Waals surface area contributed by atoms with Crippen LogP contribution in [0.3, 0.4) is 0 Å². The van der Waals surface area contributed by atoms with Crippen LogP contribution in [0.5, 0.6) is 0 Å². The van der Waals surface area contributed by atoms with Crippen LogP contribution in [-0.2, 0) is 31.2 Å². The topological polar surface area (TPSA) is 67.2 Å². The van der Waals surface area contributed by atoms with Gasteiger partial charge in [0.1, 0.15) is 0 Å². The SMILES string of the molecule is CCN(CC)C(=O)c1cc2c(s1)CC[C@H](C(=O)NCc1c(C)nn(C)c1C)C2. The minimum Gasteiger partial charge on any atom is -0.352 e. The summed E-state index contributed by atoms with van der Waals surface area (Å²) in [5.74, 6) is 0.167. The van der Waals surface area contributed by atoms with Crippen LogP contribution in [0, 0.1) is 19.8 Å². The lowest BCUT2D eigenvalue weighted by molar-refractivity contribution is -0.125. The number of carbonyl (C=O) groups excluding carboxylic acids is 2. The standard InChI is InChI=1S/C21H30N4O2S/c1-6-25(7-2)21(27)19-11-16-10-15(8-9-18(16)28-19)20(26)22-12-17-13(3)23-24(5)14(17)4/h11,15H,6-10,12H2,1-5H3,(H,22,26)/t15-/m0/s1. The summed E-state index contributed by atoms with van der Waals surface area (Å²) in [4.78, 5) is 29.3. The number of amides is 2. The third kappa shape index (κ3) is 3.99. The number of aryl methyl sites for hydroxylation is 3. The van der Waals surface area contributed by atoms with Gasteiger partial charge in [-0.15, -0.1) is 11.3 Å². The summed E-state index contributed by atoms with van der Waals surface area (Å²) in [5.41, 5.74) is 4.31. The molecule has 152 valence electrons. The van der Waals surface area contributed by atoms with Gasteiger partial charge in [0.25, 0.3) is 5.91 Å². The number of thiophene rings is 1. The van der Waals surface area contributed by atoms with Gasteiger partial charge in [0.05, 0.1) is 10.6 Å². The van der Waals surface area contributed by atoms with Crippen molar-refractivity contribution < 1.29 is 9.59 Å². The first-order valence-corrected chi connectivity index (χ1v) is 10.8. The van der Waals surface area contributed by atoms with Gasteiger partial charge in [0.15, 0.2) is 0 Å². The molecule has 0 unspecified atom stereocenters. The van der Waals surface area contributed by atoms with Crippen molar-refractivity contribution in [3.8, 4) is 0 Å². The Morgan fingerprint density at radius 2 is 2.04 bits per heavy atom. The molecule has 0 saturated heterocycles. The van der Waals surface area contributed by atoms with Gasteiger partial charge in [-0.1, -0.05) is 0 Å². The van der Waals surface area contributed by atoms with Gasteiger partial charge in [0, 0.05) is 48.7 Å². The van der Waals surface area contributed by atoms with Crippen LogP contribution in [0.4, 0.5) is 0 Å². The van der Waals surface area contributed by atoms with Gasteiger partial charge < -0.3 is 10.2 Å². The molecular formula is C21H30N4O2S. The van der Waals surface area contributed by atoms with Crippen LogP contribution in [0.2, 0.25) is 0 Å². The summed E-state index contributed by atoms with van der Waals surface area (Å²) in [6.07, 6.45) is 2.42. The van der Waals surface area contributed by atoms with Gasteiger partial charge in [-0.2, -0.15) is 5.10 Å². The average Bonchev–Trinajstić information content (AvgIpc) is 3.21. The molecule has 1 aliphatic rings. The molecule has 0 bridgehead atoms. The summed E-state index contributed by atoms with van der Waals surface area (Å²) in [6, 6.07) is 2.01. The van der Waals surface area contributed by atoms with E-state index in [1.165, 1.54) is 10.4 Å². The predicted molar refractivity (Wildman–Crippen MR) is 112 cm³/mol. The molecule has 2 heterocycles. The van der Waals surface area contributed by atoms with Crippen molar-refractivity contribution in [1.29, 1.82) is 0 Å². The molecule has 7 heteroatoms. The van der Waals surface area contributed by atoms with Crippen LogP contribution in [-0.4, -0.2) is 39.6 Å². The number of nitrogens with zero attached hydrogens (tertiary/aromatic N) is 3. The quantitative estimate of drug-likeness (QED) is 0.808. The van der Waals surface area contributed by atoms with Crippen LogP contribution < -0.4 is 5.32 Å². The van der Waals surface area contributed by atoms with E-state index in [9.17, 15) is 9.59 Å². The van der Waals surface area contributed by atoms with E-state index in [0.29, 0.717) is 13.0 Å². The number of fused-ring (bicyclic) bond motifs is 1. The van der Waals surface area contributed by atoms with E-state index in [1.54, 1.807) is 11.3 Å². The lowest BCUT2D eigenvalue weighted by Crippen LogP contribution is -2.33. The molecule has 0 aliphatic heterocycles. The molecule has 2 aromatic heterocycles. The third-order valence-corrected chi connectivity index (χ3v) is 7.04. The molecule has 28 heavy (non-hydrogen) atoms. The number of nitrogens with one attached hydrogen (secondary N) is 1. The fourth-order valence-corrected chi connectivity index (χ4v) is 5.09. The van der Waals surface area contributed by atoms with E-state index in [0.717, 1.165) is 47.8 Å². The second kappa shape index (κ2) is 8.47. The highest BCUT2D eigenvalue weighted by Crippen LogP contribution is 2.33. The molecule has 2 amide bonds. The van der Waals surface area contributed by atoms with Crippen molar-refractivity contribution in [3.05, 3.63) is 38.3 Å². The number of hydrogen-bond donors (Lipinski definition) is 1. The molecule has 1 N–H and O–H groups in total. The second-order valence-electron chi connectivity index (χ2n) is 7.47. The van der Waals surface area contributed by atoms with E-state index < -0.39 is 0 Å². The molecule has 3 rings (SSSR count). The number of carbonyl (C=O) groups is 2. The third-order valence-electron chi connectivity index (χ3n) is 5.81. The lowest BCUT2D eigenvalue weighted by Gasteiger charge is -2.21. The Bertz CT molecular complexity index is 879. The zero-order chi connectivity index (χ0) is 20.4. The lowest BCUT2D eigenvalue weighted by atomic mass is 9.87. The van der Waals surface area contributed by atoms with Crippen molar-refractivity contribution in [3.63, 3.8) is 0 Å². The Morgan fingerprint density at radius 3 is 2.64 bits per heavy atom. The monoisotopic (exact) mass is 402 g/mol. The number of aromatic nitrogens is 2. The molecule has 0 spiro atoms. The van der Waals surface area contributed by atoms with E-state index in [4.69, 9.17) is 0 Å². The fraction of sp³-hybridized carbons (Fsp3) is 0.571. The second-order valence-corrected chi connectivity index (χ2v) is 8.60. The minimum absolute atomic E-state index is 0.0317. The Kier molecular flexibility index (Phi) is 6.23. The summed E-state index contributed by atoms with van der Waals surface area (Å²) in [5, 5.41) is 7.51. The summed E-state index contributed by atoms with van der Waals surface area (Å²) in [7, 11) is 1.92. The molecule has 2 aromatic rings. The molecule has 0 fully saturated rings. The maximum atomic E-state index is 12.7. The van der Waals surface area contributed by atoms with Crippen molar-refractivity contribution in [2.75, 3.05) is 13.1 Å². The van der Waals surface area contributed by atoms with Gasteiger partial charge >= 0.3 is 0 Å². The van der Waals surface area contributed by atoms with E-state index in [1.807, 2.05) is 50.4 Å². The van der Waals surface area contributed by atoms with Crippen LogP contribution in [0.15, 0.2) is 6.07 Å². The largest absolute Gasteiger partial charge is 0.352 e. The average molecular weight is 403 g/mol. The first-order valence-electron chi connectivity index (χ1n) is 10.0. The summed E-state index contributed by atoms with van der Waals surface area (Å²) < 4.78 is 1.85. The van der Waals surface area contributed by atoms with E-state index in [2.05, 4.69) is 10.4 Å². The predicted octanol–water partition coefficient (Wildman–Crippen LogP) is 3.00. The maximum absolute atomic E-state index is 12.7. The van der Waals surface area contributed by atoms with E-state index >= 15 is 0 Å². The molecule has 0 radical (unpaired) electrons. The van der Waals surface area contributed by atoms with Gasteiger partial charge in [-0.3, -0.25) is 14.3 Å². The maximum Gasteiger partial charge on any atom is 0.263 e. The van der Waals surface area contributed by atoms with Crippen LogP contribution >= 0.6 is 11.3 Å². The Labute approximate surface area is 170 Å². The minimum atomic E-state index is -0.0317. The van der Waals surface area contributed by atoms with E-state index in [-0.39, 0.29) is 17.7 Å². The fourth-order valence-electron chi connectivity index (χ4n) is 3.91. The normalized spacial score (nSPS) is 16.0. The summed E-state index contributed by atoms with van der Waals surface area (Å²) >= 11 is 1.60. The Morgan fingerprint density at radius 1 is 1.32 bits per heavy atom. The van der Waals surface area contributed by atoms with Crippen molar-refractivity contribution in [2.24, 2.45) is 13.0 Å². The van der Waals surface area contributed by atoms with Gasteiger partial charge in [0.2, 0.25) is 5.91 Å². The van der Waals surface area contributed by atoms with Crippen LogP contribution in [0.25, 0.3) is 0 Å². The highest BCUT2D eigenvalue weighted by Gasteiger charge is 2.28. The molecule has 0 saturated carbocycles. The smallest absolute Gasteiger partial charge is 0.263 e. The Balaban J connectivity index is 1.64. The number of rotatable bonds is 6. The van der Waals surface area contributed by atoms with Crippen molar-refractivity contribution >= 4 is 23.2 Å². The zero-order valence-corrected chi connectivity index (χ0v) is 18.3. The number of hydrogen-bond acceptors (Lipinski definition) is 4. The molecular weight excluding hydrogens is 372 g/mol. The first-order chi connectivity index (χ1) is 13.3. The van der Waals surface area contributed by atoms with Gasteiger partial charge in [-0.05, 0) is 58.6 Å². The molecule has 1 atom stereocenters. The van der Waals surface area contributed by atoms with Crippen molar-refractivity contribution in [1.82, 2.24) is 20.0 Å². The molecule has 6 nitrogen and oxygen atoms in total. The van der Waals surface area contributed by atoms with Crippen molar-refractivity contribution in [2.45, 2.75) is 53.5 Å². The highest BCUT2D eigenvalue weighted by molar-refractivity contribution is 7.14. The zero-order valence-electron chi connectivity index (χ0n) is 17.5. The molecule has 1 aliphatic carbocycles. The molecule has 0 aromatic carbocycles.